The molecule has 1 aliphatic rings. The Morgan fingerprint density at radius 2 is 2.24 bits per heavy atom. The highest BCUT2D eigenvalue weighted by Gasteiger charge is 2.22. The first kappa shape index (κ1) is 11.9. The van der Waals surface area contributed by atoms with Gasteiger partial charge in [0.2, 0.25) is 5.88 Å². The van der Waals surface area contributed by atoms with Gasteiger partial charge in [-0.1, -0.05) is 0 Å². The first-order valence-corrected chi connectivity index (χ1v) is 5.70. The fourth-order valence-corrected chi connectivity index (χ4v) is 1.89. The topological polar surface area (TPSA) is 65.4 Å². The summed E-state index contributed by atoms with van der Waals surface area (Å²) >= 11 is 0. The van der Waals surface area contributed by atoms with Crippen LogP contribution in [-0.2, 0) is 11.8 Å². The van der Waals surface area contributed by atoms with Gasteiger partial charge in [0.05, 0.1) is 13.3 Å². The number of aromatic nitrogens is 2. The van der Waals surface area contributed by atoms with Crippen molar-refractivity contribution in [3.05, 3.63) is 11.8 Å². The summed E-state index contributed by atoms with van der Waals surface area (Å²) in [6.07, 6.45) is 3.48. The second-order valence-corrected chi connectivity index (χ2v) is 4.05. The van der Waals surface area contributed by atoms with Crippen molar-refractivity contribution < 1.29 is 14.3 Å². The van der Waals surface area contributed by atoms with E-state index >= 15 is 0 Å². The zero-order valence-electron chi connectivity index (χ0n) is 10.1. The molecule has 0 bridgehead atoms. The number of ether oxygens (including phenoxy) is 2. The largest absolute Gasteiger partial charge is 0.474 e. The molecule has 6 nitrogen and oxygen atoms in total. The van der Waals surface area contributed by atoms with Crippen molar-refractivity contribution in [3.8, 4) is 5.88 Å². The van der Waals surface area contributed by atoms with Gasteiger partial charge in [-0.2, -0.15) is 5.10 Å². The molecule has 0 atom stereocenters. The molecule has 0 radical (unpaired) electrons. The first-order chi connectivity index (χ1) is 8.22. The maximum Gasteiger partial charge on any atom is 0.345 e. The molecule has 1 aromatic heterocycles. The molecule has 0 aromatic carbocycles. The van der Waals surface area contributed by atoms with E-state index in [1.54, 1.807) is 11.7 Å². The Morgan fingerprint density at radius 1 is 1.53 bits per heavy atom. The van der Waals surface area contributed by atoms with Gasteiger partial charge in [-0.25, -0.2) is 9.48 Å². The van der Waals surface area contributed by atoms with E-state index < -0.39 is 5.97 Å². The number of carbonyl (C=O) groups excluding carboxylic acids is 1. The summed E-state index contributed by atoms with van der Waals surface area (Å²) in [6.45, 7) is 1.88. The Hall–Kier alpha value is -1.56. The highest BCUT2D eigenvalue weighted by Crippen LogP contribution is 2.21. The predicted molar refractivity (Wildman–Crippen MR) is 61.1 cm³/mol. The molecule has 0 unspecified atom stereocenters. The van der Waals surface area contributed by atoms with Crippen LogP contribution in [0.1, 0.15) is 23.2 Å². The van der Waals surface area contributed by atoms with Gasteiger partial charge in [0.1, 0.15) is 11.7 Å². The van der Waals surface area contributed by atoms with Gasteiger partial charge in [-0.15, -0.1) is 0 Å². The Kier molecular flexibility index (Phi) is 3.63. The lowest BCUT2D eigenvalue weighted by molar-refractivity contribution is 0.0589. The molecule has 2 rings (SSSR count). The summed E-state index contributed by atoms with van der Waals surface area (Å²) < 4.78 is 12.1. The normalized spacial score (nSPS) is 16.8. The van der Waals surface area contributed by atoms with E-state index in [0.717, 1.165) is 25.9 Å². The van der Waals surface area contributed by atoms with E-state index in [1.165, 1.54) is 13.3 Å². The van der Waals surface area contributed by atoms with E-state index in [1.807, 2.05) is 0 Å². The Labute approximate surface area is 99.9 Å². The molecule has 0 amide bonds. The maximum absolute atomic E-state index is 11.5. The highest BCUT2D eigenvalue weighted by atomic mass is 16.5. The highest BCUT2D eigenvalue weighted by molar-refractivity contribution is 5.91. The lowest BCUT2D eigenvalue weighted by Crippen LogP contribution is -2.34. The van der Waals surface area contributed by atoms with Crippen LogP contribution in [0.3, 0.4) is 0 Å². The molecule has 94 valence electrons. The number of piperidine rings is 1. The van der Waals surface area contributed by atoms with Crippen molar-refractivity contribution >= 4 is 5.97 Å². The molecular weight excluding hydrogens is 222 g/mol. The molecule has 0 spiro atoms. The van der Waals surface area contributed by atoms with Crippen molar-refractivity contribution in [3.63, 3.8) is 0 Å². The average Bonchev–Trinajstić information content (AvgIpc) is 2.72. The van der Waals surface area contributed by atoms with Crippen LogP contribution in [0, 0.1) is 0 Å². The quantitative estimate of drug-likeness (QED) is 0.770. The summed E-state index contributed by atoms with van der Waals surface area (Å²) in [5.74, 6) is 0.0748. The van der Waals surface area contributed by atoms with Crippen LogP contribution in [-0.4, -0.2) is 42.1 Å². The molecule has 0 saturated carbocycles. The minimum atomic E-state index is -0.415. The SMILES string of the molecule is COC(=O)c1cnn(C)c1OC1CCNCC1. The van der Waals surface area contributed by atoms with Crippen molar-refractivity contribution in [2.24, 2.45) is 7.05 Å². The van der Waals surface area contributed by atoms with E-state index in [9.17, 15) is 4.79 Å². The van der Waals surface area contributed by atoms with E-state index in [2.05, 4.69) is 10.4 Å². The smallest absolute Gasteiger partial charge is 0.345 e. The van der Waals surface area contributed by atoms with Crippen LogP contribution < -0.4 is 10.1 Å². The molecule has 0 aliphatic carbocycles. The third-order valence-electron chi connectivity index (χ3n) is 2.85. The number of esters is 1. The second kappa shape index (κ2) is 5.18. The number of hydrogen-bond donors (Lipinski definition) is 1. The molecule has 1 saturated heterocycles. The molecule has 6 heteroatoms. The number of aryl methyl sites for hydroxylation is 1. The van der Waals surface area contributed by atoms with Gasteiger partial charge in [0, 0.05) is 7.05 Å². The standard InChI is InChI=1S/C11H17N3O3/c1-14-10(9(7-13-14)11(15)16-2)17-8-3-5-12-6-4-8/h7-8,12H,3-6H2,1-2H3. The summed E-state index contributed by atoms with van der Waals surface area (Å²) in [5.41, 5.74) is 0.383. The molecule has 2 heterocycles. The van der Waals surface area contributed by atoms with Gasteiger partial charge < -0.3 is 14.8 Å². The van der Waals surface area contributed by atoms with Crippen molar-refractivity contribution in [1.29, 1.82) is 0 Å². The number of carbonyl (C=O) groups is 1. The van der Waals surface area contributed by atoms with Crippen LogP contribution in [0.2, 0.25) is 0 Å². The summed E-state index contributed by atoms with van der Waals surface area (Å²) in [4.78, 5) is 11.5. The lowest BCUT2D eigenvalue weighted by Gasteiger charge is -2.23. The summed E-state index contributed by atoms with van der Waals surface area (Å²) in [5, 5.41) is 7.29. The summed E-state index contributed by atoms with van der Waals surface area (Å²) in [7, 11) is 3.10. The minimum absolute atomic E-state index is 0.134. The Balaban J connectivity index is 2.13. The molecular formula is C11H17N3O3. The van der Waals surface area contributed by atoms with Crippen LogP contribution in [0.4, 0.5) is 0 Å². The fraction of sp³-hybridized carbons (Fsp3) is 0.636. The van der Waals surface area contributed by atoms with Crippen LogP contribution >= 0.6 is 0 Å². The Bertz CT molecular complexity index is 397. The lowest BCUT2D eigenvalue weighted by atomic mass is 10.1. The van der Waals surface area contributed by atoms with Crippen LogP contribution in [0.15, 0.2) is 6.20 Å². The molecule has 1 N–H and O–H groups in total. The maximum atomic E-state index is 11.5. The number of nitrogens with one attached hydrogen (secondary N) is 1. The fourth-order valence-electron chi connectivity index (χ4n) is 1.89. The van der Waals surface area contributed by atoms with Gasteiger partial charge in [-0.3, -0.25) is 0 Å². The number of hydrogen-bond acceptors (Lipinski definition) is 5. The number of rotatable bonds is 3. The monoisotopic (exact) mass is 239 g/mol. The molecule has 1 fully saturated rings. The van der Waals surface area contributed by atoms with E-state index in [0.29, 0.717) is 11.4 Å². The first-order valence-electron chi connectivity index (χ1n) is 5.70. The van der Waals surface area contributed by atoms with Gasteiger partial charge in [0.25, 0.3) is 0 Å². The minimum Gasteiger partial charge on any atom is -0.474 e. The van der Waals surface area contributed by atoms with Crippen molar-refractivity contribution in [2.75, 3.05) is 20.2 Å². The third-order valence-corrected chi connectivity index (χ3v) is 2.85. The Morgan fingerprint density at radius 3 is 2.88 bits per heavy atom. The zero-order chi connectivity index (χ0) is 12.3. The number of nitrogens with zero attached hydrogens (tertiary/aromatic N) is 2. The van der Waals surface area contributed by atoms with Crippen LogP contribution in [0.25, 0.3) is 0 Å². The molecule has 17 heavy (non-hydrogen) atoms. The second-order valence-electron chi connectivity index (χ2n) is 4.05. The van der Waals surface area contributed by atoms with Crippen molar-refractivity contribution in [1.82, 2.24) is 15.1 Å². The average molecular weight is 239 g/mol. The molecule has 1 aromatic rings. The van der Waals surface area contributed by atoms with E-state index in [-0.39, 0.29) is 6.10 Å². The summed E-state index contributed by atoms with van der Waals surface area (Å²) in [6, 6.07) is 0. The van der Waals surface area contributed by atoms with Gasteiger partial charge >= 0.3 is 5.97 Å². The van der Waals surface area contributed by atoms with E-state index in [4.69, 9.17) is 9.47 Å². The molecule has 1 aliphatic heterocycles. The van der Waals surface area contributed by atoms with Gasteiger partial charge in [-0.05, 0) is 25.9 Å². The number of methoxy groups -OCH3 is 1. The van der Waals surface area contributed by atoms with Gasteiger partial charge in [0.15, 0.2) is 0 Å². The predicted octanol–water partition coefficient (Wildman–Crippen LogP) is 0.337. The van der Waals surface area contributed by atoms with Crippen molar-refractivity contribution in [2.45, 2.75) is 18.9 Å². The zero-order valence-corrected chi connectivity index (χ0v) is 10.1. The van der Waals surface area contributed by atoms with Crippen LogP contribution in [0.5, 0.6) is 5.88 Å². The third kappa shape index (κ3) is 2.58.